The summed E-state index contributed by atoms with van der Waals surface area (Å²) in [5.74, 6) is 0.605. The molecule has 1 N–H and O–H groups in total. The molecule has 1 heterocycles. The van der Waals surface area contributed by atoms with Crippen LogP contribution in [-0.2, 0) is 4.79 Å². The number of thioether (sulfide) groups is 1. The van der Waals surface area contributed by atoms with Crippen molar-refractivity contribution in [2.75, 3.05) is 5.75 Å². The van der Waals surface area contributed by atoms with Gasteiger partial charge in [0.15, 0.2) is 11.0 Å². The van der Waals surface area contributed by atoms with Gasteiger partial charge < -0.3 is 0 Å². The van der Waals surface area contributed by atoms with Gasteiger partial charge in [-0.05, 0) is 36.8 Å². The molecule has 160 valence electrons. The Labute approximate surface area is 195 Å². The van der Waals surface area contributed by atoms with Crippen molar-refractivity contribution in [3.05, 3.63) is 95.0 Å². The zero-order valence-electron chi connectivity index (χ0n) is 17.3. The molecule has 0 radical (unpaired) electrons. The fourth-order valence-corrected chi connectivity index (χ4v) is 3.83. The number of hydrogen-bond acceptors (Lipinski definition) is 5. The molecule has 0 bridgehead atoms. The van der Waals surface area contributed by atoms with E-state index in [2.05, 4.69) is 20.7 Å². The Bertz CT molecular complexity index is 1220. The lowest BCUT2D eigenvalue weighted by Crippen LogP contribution is -2.20. The van der Waals surface area contributed by atoms with E-state index in [9.17, 15) is 4.79 Å². The Kier molecular flexibility index (Phi) is 6.99. The fraction of sp³-hybridized carbons (Fsp3) is 0.0833. The molecule has 32 heavy (non-hydrogen) atoms. The highest BCUT2D eigenvalue weighted by molar-refractivity contribution is 7.99. The molecular weight excluding hydrogens is 442 g/mol. The second-order valence-corrected chi connectivity index (χ2v) is 8.36. The van der Waals surface area contributed by atoms with Gasteiger partial charge in [0.1, 0.15) is 0 Å². The summed E-state index contributed by atoms with van der Waals surface area (Å²) in [6.45, 7) is 2.04. The third kappa shape index (κ3) is 5.43. The summed E-state index contributed by atoms with van der Waals surface area (Å²) in [5, 5.41) is 14.0. The van der Waals surface area contributed by atoms with E-state index in [4.69, 9.17) is 11.6 Å². The van der Waals surface area contributed by atoms with Gasteiger partial charge in [0.25, 0.3) is 5.91 Å². The number of rotatable bonds is 7. The highest BCUT2D eigenvalue weighted by Crippen LogP contribution is 2.28. The summed E-state index contributed by atoms with van der Waals surface area (Å²) in [4.78, 5) is 12.3. The van der Waals surface area contributed by atoms with Crippen LogP contribution >= 0.6 is 23.4 Å². The molecule has 3 aromatic carbocycles. The Balaban J connectivity index is 1.53. The number of halogens is 1. The Morgan fingerprint density at radius 3 is 2.47 bits per heavy atom. The van der Waals surface area contributed by atoms with E-state index < -0.39 is 0 Å². The van der Waals surface area contributed by atoms with Gasteiger partial charge in [-0.1, -0.05) is 83.5 Å². The van der Waals surface area contributed by atoms with Crippen LogP contribution in [0.5, 0.6) is 0 Å². The zero-order valence-corrected chi connectivity index (χ0v) is 18.8. The first-order valence-corrected chi connectivity index (χ1v) is 11.2. The molecule has 0 unspecified atom stereocenters. The van der Waals surface area contributed by atoms with Gasteiger partial charge in [-0.25, -0.2) is 5.43 Å². The molecule has 0 atom stereocenters. The van der Waals surface area contributed by atoms with Crippen molar-refractivity contribution in [2.24, 2.45) is 5.10 Å². The van der Waals surface area contributed by atoms with E-state index in [1.807, 2.05) is 90.4 Å². The van der Waals surface area contributed by atoms with Gasteiger partial charge >= 0.3 is 0 Å². The third-order valence-corrected chi connectivity index (χ3v) is 5.74. The van der Waals surface area contributed by atoms with Crippen molar-refractivity contribution < 1.29 is 4.79 Å². The standard InChI is InChI=1S/C24H20ClN5OS/c1-17-7-9-19(10-8-17)23-28-29-24(30(23)21-13-11-20(25)12-14-21)32-16-22(31)27-26-15-18-5-3-2-4-6-18/h2-15H,16H2,1H3,(H,27,31)/b26-15+. The number of nitrogens with zero attached hydrogens (tertiary/aromatic N) is 4. The van der Waals surface area contributed by atoms with Gasteiger partial charge in [-0.15, -0.1) is 10.2 Å². The lowest BCUT2D eigenvalue weighted by atomic mass is 10.1. The largest absolute Gasteiger partial charge is 0.272 e. The van der Waals surface area contributed by atoms with Crippen LogP contribution in [0.4, 0.5) is 0 Å². The maximum atomic E-state index is 12.3. The Morgan fingerprint density at radius 2 is 1.75 bits per heavy atom. The minimum atomic E-state index is -0.232. The second kappa shape index (κ2) is 10.3. The smallest absolute Gasteiger partial charge is 0.250 e. The number of hydrogen-bond donors (Lipinski definition) is 1. The predicted octanol–water partition coefficient (Wildman–Crippen LogP) is 5.14. The average molecular weight is 462 g/mol. The number of amides is 1. The summed E-state index contributed by atoms with van der Waals surface area (Å²) < 4.78 is 1.92. The Morgan fingerprint density at radius 1 is 1.03 bits per heavy atom. The van der Waals surface area contributed by atoms with E-state index in [1.165, 1.54) is 11.8 Å². The lowest BCUT2D eigenvalue weighted by Gasteiger charge is -2.10. The highest BCUT2D eigenvalue weighted by Gasteiger charge is 2.17. The molecule has 0 spiro atoms. The number of aromatic nitrogens is 3. The molecule has 8 heteroatoms. The molecule has 6 nitrogen and oxygen atoms in total. The average Bonchev–Trinajstić information content (AvgIpc) is 3.23. The molecular formula is C24H20ClN5OS. The third-order valence-electron chi connectivity index (χ3n) is 4.56. The highest BCUT2D eigenvalue weighted by atomic mass is 35.5. The normalized spacial score (nSPS) is 11.1. The lowest BCUT2D eigenvalue weighted by molar-refractivity contribution is -0.118. The van der Waals surface area contributed by atoms with Crippen molar-refractivity contribution in [1.29, 1.82) is 0 Å². The van der Waals surface area contributed by atoms with E-state index in [-0.39, 0.29) is 11.7 Å². The van der Waals surface area contributed by atoms with Crippen LogP contribution in [0.1, 0.15) is 11.1 Å². The SMILES string of the molecule is Cc1ccc(-c2nnc(SCC(=O)N/N=C/c3ccccc3)n2-c2ccc(Cl)cc2)cc1. The minimum absolute atomic E-state index is 0.145. The van der Waals surface area contributed by atoms with E-state index in [1.54, 1.807) is 6.21 Å². The van der Waals surface area contributed by atoms with E-state index >= 15 is 0 Å². The van der Waals surface area contributed by atoms with Crippen LogP contribution in [0.2, 0.25) is 5.02 Å². The molecule has 0 aliphatic rings. The van der Waals surface area contributed by atoms with Gasteiger partial charge in [-0.2, -0.15) is 5.10 Å². The molecule has 1 aromatic heterocycles. The van der Waals surface area contributed by atoms with Crippen LogP contribution < -0.4 is 5.43 Å². The van der Waals surface area contributed by atoms with Gasteiger partial charge in [0, 0.05) is 16.3 Å². The first-order chi connectivity index (χ1) is 15.6. The number of nitrogens with one attached hydrogen (secondary N) is 1. The van der Waals surface area contributed by atoms with Crippen LogP contribution in [0, 0.1) is 6.92 Å². The monoisotopic (exact) mass is 461 g/mol. The molecule has 4 aromatic rings. The van der Waals surface area contributed by atoms with Crippen molar-refractivity contribution in [2.45, 2.75) is 12.1 Å². The molecule has 0 saturated heterocycles. The topological polar surface area (TPSA) is 72.2 Å². The van der Waals surface area contributed by atoms with Crippen LogP contribution in [0.3, 0.4) is 0 Å². The summed E-state index contributed by atoms with van der Waals surface area (Å²) in [6.07, 6.45) is 1.61. The maximum Gasteiger partial charge on any atom is 0.250 e. The molecule has 0 aliphatic carbocycles. The molecule has 0 saturated carbocycles. The molecule has 1 amide bonds. The summed E-state index contributed by atoms with van der Waals surface area (Å²) in [5.41, 5.74) is 6.41. The first kappa shape index (κ1) is 21.8. The molecule has 4 rings (SSSR count). The second-order valence-electron chi connectivity index (χ2n) is 6.98. The van der Waals surface area contributed by atoms with Crippen molar-refractivity contribution in [1.82, 2.24) is 20.2 Å². The van der Waals surface area contributed by atoms with Crippen LogP contribution in [-0.4, -0.2) is 32.6 Å². The number of carbonyl (C=O) groups is 1. The van der Waals surface area contributed by atoms with E-state index in [0.29, 0.717) is 16.0 Å². The number of benzene rings is 3. The van der Waals surface area contributed by atoms with Crippen LogP contribution in [0.15, 0.2) is 89.1 Å². The van der Waals surface area contributed by atoms with Crippen LogP contribution in [0.25, 0.3) is 17.1 Å². The van der Waals surface area contributed by atoms with Gasteiger partial charge in [-0.3, -0.25) is 9.36 Å². The Hall–Kier alpha value is -3.42. The summed E-state index contributed by atoms with van der Waals surface area (Å²) in [6, 6.07) is 25.1. The number of aryl methyl sites for hydroxylation is 1. The summed E-state index contributed by atoms with van der Waals surface area (Å²) >= 11 is 7.36. The minimum Gasteiger partial charge on any atom is -0.272 e. The van der Waals surface area contributed by atoms with Gasteiger partial charge in [0.2, 0.25) is 0 Å². The molecule has 0 fully saturated rings. The van der Waals surface area contributed by atoms with Crippen molar-refractivity contribution in [3.63, 3.8) is 0 Å². The molecule has 0 aliphatic heterocycles. The number of hydrazone groups is 1. The van der Waals surface area contributed by atoms with E-state index in [0.717, 1.165) is 22.4 Å². The van der Waals surface area contributed by atoms with Crippen molar-refractivity contribution in [3.8, 4) is 17.1 Å². The quantitative estimate of drug-likeness (QED) is 0.235. The van der Waals surface area contributed by atoms with Crippen molar-refractivity contribution >= 4 is 35.5 Å². The summed E-state index contributed by atoms with van der Waals surface area (Å²) in [7, 11) is 0. The first-order valence-electron chi connectivity index (χ1n) is 9.88. The number of carbonyl (C=O) groups excluding carboxylic acids is 1. The zero-order chi connectivity index (χ0) is 22.3. The van der Waals surface area contributed by atoms with Gasteiger partial charge in [0.05, 0.1) is 12.0 Å². The fourth-order valence-electron chi connectivity index (χ4n) is 2.96. The predicted molar refractivity (Wildman–Crippen MR) is 129 cm³/mol. The maximum absolute atomic E-state index is 12.3.